The molecule has 1 aromatic heterocycles. The van der Waals surface area contributed by atoms with Crippen molar-refractivity contribution in [2.24, 2.45) is 0 Å². The molecule has 1 fully saturated rings. The van der Waals surface area contributed by atoms with Gasteiger partial charge in [0.1, 0.15) is 4.90 Å². The molecule has 1 aromatic carbocycles. The van der Waals surface area contributed by atoms with Crippen LogP contribution in [-0.4, -0.2) is 30.8 Å². The first kappa shape index (κ1) is 14.9. The fourth-order valence-electron chi connectivity index (χ4n) is 2.59. The molecule has 0 unspecified atom stereocenters. The Balaban J connectivity index is 1.71. The summed E-state index contributed by atoms with van der Waals surface area (Å²) in [5, 5.41) is 0. The van der Waals surface area contributed by atoms with Gasteiger partial charge < -0.3 is 0 Å². The summed E-state index contributed by atoms with van der Waals surface area (Å²) in [6.07, 6.45) is 6.69. The number of nitrogens with zero attached hydrogens (tertiary/aromatic N) is 2. The van der Waals surface area contributed by atoms with Gasteiger partial charge in [0.2, 0.25) is 10.0 Å². The second-order valence-electron chi connectivity index (χ2n) is 5.31. The lowest BCUT2D eigenvalue weighted by atomic mass is 10.0. The lowest BCUT2D eigenvalue weighted by Crippen LogP contribution is -2.36. The predicted octanol–water partition coefficient (Wildman–Crippen LogP) is 2.95. The maximum absolute atomic E-state index is 12.5. The van der Waals surface area contributed by atoms with E-state index >= 15 is 0 Å². The molecule has 0 bridgehead atoms. The lowest BCUT2D eigenvalue weighted by molar-refractivity contribution is 0.388. The zero-order chi connectivity index (χ0) is 15.4. The minimum atomic E-state index is -3.41. The molecule has 1 aliphatic heterocycles. The van der Waals surface area contributed by atoms with Gasteiger partial charge in [-0.25, -0.2) is 8.42 Å². The molecule has 5 heteroatoms. The number of benzene rings is 1. The van der Waals surface area contributed by atoms with Crippen LogP contribution in [0.15, 0.2) is 65.3 Å². The molecule has 22 heavy (non-hydrogen) atoms. The van der Waals surface area contributed by atoms with Gasteiger partial charge in [0, 0.05) is 25.5 Å². The molecule has 1 saturated heterocycles. The average Bonchev–Trinajstić information content (AvgIpc) is 2.57. The Bertz CT molecular complexity index is 746. The Morgan fingerprint density at radius 2 is 1.73 bits per heavy atom. The Morgan fingerprint density at radius 3 is 2.36 bits per heavy atom. The van der Waals surface area contributed by atoms with Crippen LogP contribution in [0.4, 0.5) is 0 Å². The smallest absolute Gasteiger partial charge is 0.244 e. The molecule has 0 aliphatic carbocycles. The minimum absolute atomic E-state index is 0.269. The van der Waals surface area contributed by atoms with Gasteiger partial charge in [-0.05, 0) is 30.5 Å². The molecule has 4 nitrogen and oxygen atoms in total. The van der Waals surface area contributed by atoms with Gasteiger partial charge in [0.25, 0.3) is 0 Å². The van der Waals surface area contributed by atoms with E-state index in [1.54, 1.807) is 22.6 Å². The van der Waals surface area contributed by atoms with Crippen LogP contribution >= 0.6 is 0 Å². The number of pyridine rings is 1. The number of piperidine rings is 1. The van der Waals surface area contributed by atoms with Crippen LogP contribution in [0.2, 0.25) is 0 Å². The van der Waals surface area contributed by atoms with Gasteiger partial charge in [-0.2, -0.15) is 4.31 Å². The summed E-state index contributed by atoms with van der Waals surface area (Å²) in [6, 6.07) is 13.4. The SMILES string of the molecule is O=S(=O)(c1cccnc1)N1CCC(=Cc2ccccc2)CC1. The third kappa shape index (κ3) is 3.26. The largest absolute Gasteiger partial charge is 0.263 e. The van der Waals surface area contributed by atoms with Crippen LogP contribution in [0, 0.1) is 0 Å². The highest BCUT2D eigenvalue weighted by Gasteiger charge is 2.27. The molecule has 114 valence electrons. The zero-order valence-corrected chi connectivity index (χ0v) is 13.0. The highest BCUT2D eigenvalue weighted by atomic mass is 32.2. The molecule has 0 atom stereocenters. The van der Waals surface area contributed by atoms with Crippen LogP contribution in [-0.2, 0) is 10.0 Å². The van der Waals surface area contributed by atoms with E-state index < -0.39 is 10.0 Å². The van der Waals surface area contributed by atoms with E-state index in [-0.39, 0.29) is 4.90 Å². The maximum Gasteiger partial charge on any atom is 0.244 e. The number of hydrogen-bond acceptors (Lipinski definition) is 3. The molecule has 0 spiro atoms. The van der Waals surface area contributed by atoms with Crippen molar-refractivity contribution in [3.8, 4) is 0 Å². The number of hydrogen-bond donors (Lipinski definition) is 0. The van der Waals surface area contributed by atoms with E-state index in [4.69, 9.17) is 0 Å². The van der Waals surface area contributed by atoms with Crippen molar-refractivity contribution in [1.29, 1.82) is 0 Å². The molecule has 0 N–H and O–H groups in total. The first-order valence-electron chi connectivity index (χ1n) is 7.31. The van der Waals surface area contributed by atoms with Crippen LogP contribution in [0.5, 0.6) is 0 Å². The molecular formula is C17H18N2O2S. The van der Waals surface area contributed by atoms with E-state index in [0.29, 0.717) is 13.1 Å². The fraction of sp³-hybridized carbons (Fsp3) is 0.235. The van der Waals surface area contributed by atoms with Gasteiger partial charge in [0.15, 0.2) is 0 Å². The third-order valence-corrected chi connectivity index (χ3v) is 5.69. The van der Waals surface area contributed by atoms with E-state index in [0.717, 1.165) is 12.8 Å². The third-order valence-electron chi connectivity index (χ3n) is 3.81. The standard InChI is InChI=1S/C17H18N2O2S/c20-22(21,17-7-4-10-18-14-17)19-11-8-16(9-12-19)13-15-5-2-1-3-6-15/h1-7,10,13-14H,8-9,11-12H2. The van der Waals surface area contributed by atoms with Gasteiger partial charge in [0.05, 0.1) is 0 Å². The molecule has 0 saturated carbocycles. The average molecular weight is 314 g/mol. The summed E-state index contributed by atoms with van der Waals surface area (Å²) in [5.41, 5.74) is 2.46. The Labute approximate surface area is 131 Å². The predicted molar refractivity (Wildman–Crippen MR) is 86.6 cm³/mol. The monoisotopic (exact) mass is 314 g/mol. The minimum Gasteiger partial charge on any atom is -0.263 e. The topological polar surface area (TPSA) is 50.3 Å². The van der Waals surface area contributed by atoms with Crippen molar-refractivity contribution in [3.63, 3.8) is 0 Å². The van der Waals surface area contributed by atoms with E-state index in [9.17, 15) is 8.42 Å². The maximum atomic E-state index is 12.5. The highest BCUT2D eigenvalue weighted by Crippen LogP contribution is 2.24. The molecular weight excluding hydrogens is 296 g/mol. The Kier molecular flexibility index (Phi) is 4.36. The summed E-state index contributed by atoms with van der Waals surface area (Å²) in [5.74, 6) is 0. The normalized spacial score (nSPS) is 16.5. The van der Waals surface area contributed by atoms with Crippen molar-refractivity contribution in [2.75, 3.05) is 13.1 Å². The fourth-order valence-corrected chi connectivity index (χ4v) is 4.00. The summed E-state index contributed by atoms with van der Waals surface area (Å²) in [6.45, 7) is 1.05. The van der Waals surface area contributed by atoms with Crippen LogP contribution < -0.4 is 0 Å². The first-order chi connectivity index (χ1) is 10.7. The van der Waals surface area contributed by atoms with E-state index in [1.807, 2.05) is 18.2 Å². The molecule has 3 rings (SSSR count). The number of aromatic nitrogens is 1. The van der Waals surface area contributed by atoms with Crippen molar-refractivity contribution >= 4 is 16.1 Å². The quantitative estimate of drug-likeness (QED) is 0.875. The van der Waals surface area contributed by atoms with Gasteiger partial charge in [-0.1, -0.05) is 42.0 Å². The Hall–Kier alpha value is -1.98. The Morgan fingerprint density at radius 1 is 1.00 bits per heavy atom. The van der Waals surface area contributed by atoms with Crippen LogP contribution in [0.1, 0.15) is 18.4 Å². The summed E-state index contributed by atoms with van der Waals surface area (Å²) >= 11 is 0. The van der Waals surface area contributed by atoms with Crippen LogP contribution in [0.3, 0.4) is 0 Å². The number of rotatable bonds is 3. The van der Waals surface area contributed by atoms with Gasteiger partial charge in [-0.15, -0.1) is 0 Å². The van der Waals surface area contributed by atoms with Crippen molar-refractivity contribution in [3.05, 3.63) is 66.0 Å². The van der Waals surface area contributed by atoms with Crippen LogP contribution in [0.25, 0.3) is 6.08 Å². The highest BCUT2D eigenvalue weighted by molar-refractivity contribution is 7.89. The van der Waals surface area contributed by atoms with Crippen molar-refractivity contribution < 1.29 is 8.42 Å². The number of sulfonamides is 1. The van der Waals surface area contributed by atoms with E-state index in [2.05, 4.69) is 23.2 Å². The second-order valence-corrected chi connectivity index (χ2v) is 7.24. The molecule has 0 amide bonds. The molecule has 1 aliphatic rings. The second kappa shape index (κ2) is 6.42. The van der Waals surface area contributed by atoms with E-state index in [1.165, 1.54) is 17.3 Å². The molecule has 2 heterocycles. The molecule has 2 aromatic rings. The van der Waals surface area contributed by atoms with Gasteiger partial charge >= 0.3 is 0 Å². The zero-order valence-electron chi connectivity index (χ0n) is 12.2. The molecule has 0 radical (unpaired) electrons. The first-order valence-corrected chi connectivity index (χ1v) is 8.75. The van der Waals surface area contributed by atoms with Gasteiger partial charge in [-0.3, -0.25) is 4.98 Å². The van der Waals surface area contributed by atoms with Crippen molar-refractivity contribution in [1.82, 2.24) is 9.29 Å². The summed E-state index contributed by atoms with van der Waals surface area (Å²) in [7, 11) is -3.41. The summed E-state index contributed by atoms with van der Waals surface area (Å²) < 4.78 is 26.6. The summed E-state index contributed by atoms with van der Waals surface area (Å²) in [4.78, 5) is 4.17. The van der Waals surface area contributed by atoms with Crippen molar-refractivity contribution in [2.45, 2.75) is 17.7 Å². The lowest BCUT2D eigenvalue weighted by Gasteiger charge is -2.27.